The van der Waals surface area contributed by atoms with Crippen LogP contribution in [-0.2, 0) is 4.74 Å². The summed E-state index contributed by atoms with van der Waals surface area (Å²) in [5.74, 6) is 0. The zero-order chi connectivity index (χ0) is 10.9. The van der Waals surface area contributed by atoms with Gasteiger partial charge in [0.05, 0.1) is 6.07 Å². The van der Waals surface area contributed by atoms with Gasteiger partial charge in [-0.3, -0.25) is 0 Å². The Morgan fingerprint density at radius 2 is 2.07 bits per heavy atom. The van der Waals surface area contributed by atoms with Gasteiger partial charge in [0.25, 0.3) is 0 Å². The summed E-state index contributed by atoms with van der Waals surface area (Å²) in [4.78, 5) is 0. The van der Waals surface area contributed by atoms with Crippen LogP contribution in [0.4, 0.5) is 0 Å². The highest BCUT2D eigenvalue weighted by molar-refractivity contribution is 5.05. The first-order valence-corrected chi connectivity index (χ1v) is 5.42. The van der Waals surface area contributed by atoms with Gasteiger partial charge in [0.15, 0.2) is 0 Å². The maximum absolute atomic E-state index is 9.03. The summed E-state index contributed by atoms with van der Waals surface area (Å²) < 4.78 is 5.37. The SMILES string of the molecule is CCCOCCCC(C#N)(CC)NC. The summed E-state index contributed by atoms with van der Waals surface area (Å²) in [5.41, 5.74) is -0.352. The van der Waals surface area contributed by atoms with Crippen LogP contribution in [-0.4, -0.2) is 25.8 Å². The van der Waals surface area contributed by atoms with Crippen molar-refractivity contribution in [3.8, 4) is 6.07 Å². The molecule has 0 amide bonds. The minimum Gasteiger partial charge on any atom is -0.381 e. The second-order valence-electron chi connectivity index (χ2n) is 3.51. The van der Waals surface area contributed by atoms with E-state index in [4.69, 9.17) is 10.00 Å². The maximum Gasteiger partial charge on any atom is 0.106 e. The molecule has 0 aromatic carbocycles. The van der Waals surface area contributed by atoms with Gasteiger partial charge >= 0.3 is 0 Å². The molecule has 3 heteroatoms. The monoisotopic (exact) mass is 198 g/mol. The molecule has 1 atom stereocenters. The number of ether oxygens (including phenoxy) is 1. The second kappa shape index (κ2) is 7.78. The van der Waals surface area contributed by atoms with Crippen molar-refractivity contribution in [1.82, 2.24) is 5.32 Å². The number of hydrogen-bond acceptors (Lipinski definition) is 3. The normalized spacial score (nSPS) is 14.7. The number of hydrogen-bond donors (Lipinski definition) is 1. The van der Waals surface area contributed by atoms with Gasteiger partial charge in [-0.25, -0.2) is 0 Å². The van der Waals surface area contributed by atoms with Crippen LogP contribution in [0.1, 0.15) is 39.5 Å². The Bertz CT molecular complexity index is 171. The van der Waals surface area contributed by atoms with E-state index in [-0.39, 0.29) is 5.54 Å². The van der Waals surface area contributed by atoms with Gasteiger partial charge in [-0.1, -0.05) is 13.8 Å². The average Bonchev–Trinajstić information content (AvgIpc) is 2.24. The Morgan fingerprint density at radius 1 is 1.36 bits per heavy atom. The molecule has 0 rings (SSSR count). The van der Waals surface area contributed by atoms with Crippen LogP contribution in [0.2, 0.25) is 0 Å². The molecule has 0 aliphatic heterocycles. The summed E-state index contributed by atoms with van der Waals surface area (Å²) in [7, 11) is 1.85. The van der Waals surface area contributed by atoms with Crippen LogP contribution < -0.4 is 5.32 Å². The van der Waals surface area contributed by atoms with E-state index in [0.29, 0.717) is 0 Å². The minimum atomic E-state index is -0.352. The fourth-order valence-corrected chi connectivity index (χ4v) is 1.39. The molecule has 0 saturated heterocycles. The molecule has 0 saturated carbocycles. The standard InChI is InChI=1S/C11H22N2O/c1-4-8-14-9-6-7-11(5-2,10-12)13-3/h13H,4-9H2,1-3H3. The largest absolute Gasteiger partial charge is 0.381 e. The third-order valence-corrected chi connectivity index (χ3v) is 2.54. The smallest absolute Gasteiger partial charge is 0.106 e. The minimum absolute atomic E-state index is 0.352. The third-order valence-electron chi connectivity index (χ3n) is 2.54. The molecular formula is C11H22N2O. The van der Waals surface area contributed by atoms with Gasteiger partial charge in [0.1, 0.15) is 5.54 Å². The molecule has 0 aromatic rings. The number of nitriles is 1. The Kier molecular flexibility index (Phi) is 7.45. The molecule has 0 bridgehead atoms. The van der Waals surface area contributed by atoms with Crippen molar-refractivity contribution in [2.75, 3.05) is 20.3 Å². The predicted octanol–water partition coefficient (Wildman–Crippen LogP) is 2.08. The molecule has 0 aliphatic carbocycles. The van der Waals surface area contributed by atoms with E-state index in [9.17, 15) is 0 Å². The van der Waals surface area contributed by atoms with Crippen LogP contribution in [0, 0.1) is 11.3 Å². The summed E-state index contributed by atoms with van der Waals surface area (Å²) in [6.07, 6.45) is 3.71. The van der Waals surface area contributed by atoms with Crippen LogP contribution in [0.3, 0.4) is 0 Å². The lowest BCUT2D eigenvalue weighted by Gasteiger charge is -2.24. The van der Waals surface area contributed by atoms with E-state index in [1.54, 1.807) is 0 Å². The lowest BCUT2D eigenvalue weighted by atomic mass is 9.92. The Morgan fingerprint density at radius 3 is 2.50 bits per heavy atom. The molecule has 0 aromatic heterocycles. The van der Waals surface area contributed by atoms with E-state index in [1.165, 1.54) is 0 Å². The van der Waals surface area contributed by atoms with Gasteiger partial charge in [-0.2, -0.15) is 5.26 Å². The Labute approximate surface area is 87.4 Å². The lowest BCUT2D eigenvalue weighted by Crippen LogP contribution is -2.40. The zero-order valence-corrected chi connectivity index (χ0v) is 9.60. The van der Waals surface area contributed by atoms with Crippen molar-refractivity contribution in [1.29, 1.82) is 5.26 Å². The Hall–Kier alpha value is -0.590. The summed E-state index contributed by atoms with van der Waals surface area (Å²) >= 11 is 0. The van der Waals surface area contributed by atoms with Gasteiger partial charge in [-0.05, 0) is 32.7 Å². The molecule has 3 nitrogen and oxygen atoms in total. The topological polar surface area (TPSA) is 45.0 Å². The fourth-order valence-electron chi connectivity index (χ4n) is 1.39. The van der Waals surface area contributed by atoms with Gasteiger partial charge < -0.3 is 10.1 Å². The Balaban J connectivity index is 3.68. The van der Waals surface area contributed by atoms with E-state index in [1.807, 2.05) is 14.0 Å². The summed E-state index contributed by atoms with van der Waals surface area (Å²) in [6.45, 7) is 5.72. The number of rotatable bonds is 8. The van der Waals surface area contributed by atoms with Crippen molar-refractivity contribution in [3.05, 3.63) is 0 Å². The van der Waals surface area contributed by atoms with Crippen molar-refractivity contribution < 1.29 is 4.74 Å². The number of nitrogens with one attached hydrogen (secondary N) is 1. The molecule has 82 valence electrons. The van der Waals surface area contributed by atoms with Gasteiger partial charge in [0, 0.05) is 13.2 Å². The van der Waals surface area contributed by atoms with E-state index in [2.05, 4.69) is 18.3 Å². The summed E-state index contributed by atoms with van der Waals surface area (Å²) in [5, 5.41) is 12.1. The van der Waals surface area contributed by atoms with Crippen molar-refractivity contribution in [3.63, 3.8) is 0 Å². The lowest BCUT2D eigenvalue weighted by molar-refractivity contribution is 0.126. The first kappa shape index (κ1) is 13.4. The highest BCUT2D eigenvalue weighted by Crippen LogP contribution is 2.15. The average molecular weight is 198 g/mol. The molecule has 0 fully saturated rings. The van der Waals surface area contributed by atoms with Crippen molar-refractivity contribution in [2.45, 2.75) is 45.1 Å². The highest BCUT2D eigenvalue weighted by atomic mass is 16.5. The first-order chi connectivity index (χ1) is 6.74. The first-order valence-electron chi connectivity index (χ1n) is 5.42. The molecule has 0 heterocycles. The van der Waals surface area contributed by atoms with Crippen LogP contribution in [0.25, 0.3) is 0 Å². The van der Waals surface area contributed by atoms with E-state index < -0.39 is 0 Å². The second-order valence-corrected chi connectivity index (χ2v) is 3.51. The molecular weight excluding hydrogens is 176 g/mol. The molecule has 14 heavy (non-hydrogen) atoms. The van der Waals surface area contributed by atoms with Crippen molar-refractivity contribution >= 4 is 0 Å². The van der Waals surface area contributed by atoms with Crippen LogP contribution in [0.15, 0.2) is 0 Å². The molecule has 0 aliphatic rings. The number of nitrogens with zero attached hydrogens (tertiary/aromatic N) is 1. The van der Waals surface area contributed by atoms with E-state index in [0.717, 1.165) is 38.9 Å². The highest BCUT2D eigenvalue weighted by Gasteiger charge is 2.24. The fraction of sp³-hybridized carbons (Fsp3) is 0.909. The predicted molar refractivity (Wildman–Crippen MR) is 58.0 cm³/mol. The molecule has 0 radical (unpaired) electrons. The zero-order valence-electron chi connectivity index (χ0n) is 9.60. The molecule has 0 spiro atoms. The quantitative estimate of drug-likeness (QED) is 0.607. The summed E-state index contributed by atoms with van der Waals surface area (Å²) in [6, 6.07) is 2.34. The van der Waals surface area contributed by atoms with Crippen molar-refractivity contribution in [2.24, 2.45) is 0 Å². The van der Waals surface area contributed by atoms with Crippen LogP contribution >= 0.6 is 0 Å². The molecule has 1 N–H and O–H groups in total. The maximum atomic E-state index is 9.03. The van der Waals surface area contributed by atoms with Crippen LogP contribution in [0.5, 0.6) is 0 Å². The third kappa shape index (κ3) is 4.59. The van der Waals surface area contributed by atoms with Gasteiger partial charge in [0.2, 0.25) is 0 Å². The van der Waals surface area contributed by atoms with Gasteiger partial charge in [-0.15, -0.1) is 0 Å². The van der Waals surface area contributed by atoms with E-state index >= 15 is 0 Å². The molecule has 1 unspecified atom stereocenters.